The minimum Gasteiger partial charge on any atom is -0.394 e. The molecule has 50 heavy (non-hydrogen) atoms. The first-order chi connectivity index (χ1) is 24.2. The summed E-state index contributed by atoms with van der Waals surface area (Å²) in [6.45, 7) is 2.29. The number of carbonyl (C=O) groups is 5. The number of hydrogen-bond donors (Lipinski definition) is 6. The molecule has 0 spiro atoms. The molecule has 2 aliphatic rings. The summed E-state index contributed by atoms with van der Waals surface area (Å²) in [6, 6.07) is 0. The van der Waals surface area contributed by atoms with Gasteiger partial charge in [-0.1, -0.05) is 44.9 Å². The summed E-state index contributed by atoms with van der Waals surface area (Å²) >= 11 is 0. The Hall–Kier alpha value is -2.95. The highest BCUT2D eigenvalue weighted by Gasteiger charge is 2.36. The molecule has 0 aliphatic carbocycles. The van der Waals surface area contributed by atoms with Crippen molar-refractivity contribution in [2.75, 3.05) is 52.6 Å². The molecule has 2 rings (SSSR count). The summed E-state index contributed by atoms with van der Waals surface area (Å²) < 4.78 is 16.4. The van der Waals surface area contributed by atoms with Crippen LogP contribution in [-0.2, 0) is 38.2 Å². The van der Waals surface area contributed by atoms with Gasteiger partial charge < -0.3 is 45.5 Å². The fraction of sp³-hybridized carbons (Fsp3) is 0.800. The number of carbonyl (C=O) groups excluding carboxylic acids is 5. The Morgan fingerprint density at radius 3 is 1.86 bits per heavy atom. The number of rotatable bonds is 29. The zero-order valence-corrected chi connectivity index (χ0v) is 29.5. The molecule has 5 amide bonds. The number of ether oxygens (including phenoxy) is 3. The van der Waals surface area contributed by atoms with Gasteiger partial charge in [-0.25, -0.2) is 0 Å². The Kier molecular flexibility index (Phi) is 23.2. The van der Waals surface area contributed by atoms with E-state index in [-0.39, 0.29) is 49.0 Å². The molecule has 286 valence electrons. The standard InChI is InChI=1S/C35H60N4O11/c40-26-28-35(47)27(41)25-34(50-28)49-22-11-9-14-29(42)36-18-12-19-37-31(44)17-23-48-24-20-38-30(43)13-8-6-4-2-1-3-5-7-10-21-39-32(45)15-16-33(39)46/h15-16,27-28,34-35,40-41,47H,1-14,17-26H2,(H,36,42)(H,37,44)(H,38,43). The number of imide groups is 1. The fourth-order valence-electron chi connectivity index (χ4n) is 5.56. The average Bonchev–Trinajstić information content (AvgIpc) is 3.42. The van der Waals surface area contributed by atoms with Crippen LogP contribution in [0.4, 0.5) is 0 Å². The summed E-state index contributed by atoms with van der Waals surface area (Å²) in [7, 11) is 0. The highest BCUT2D eigenvalue weighted by Crippen LogP contribution is 2.21. The molecule has 15 nitrogen and oxygen atoms in total. The van der Waals surface area contributed by atoms with E-state index in [0.717, 1.165) is 57.8 Å². The van der Waals surface area contributed by atoms with Gasteiger partial charge in [-0.15, -0.1) is 0 Å². The van der Waals surface area contributed by atoms with Crippen LogP contribution in [0.3, 0.4) is 0 Å². The number of amides is 5. The monoisotopic (exact) mass is 712 g/mol. The number of aliphatic hydroxyl groups is 3. The minimum absolute atomic E-state index is 0.00343. The van der Waals surface area contributed by atoms with E-state index in [2.05, 4.69) is 16.0 Å². The SMILES string of the molecule is O=C(CCCCOC1CC(O)C(O)C(CO)O1)NCCCNC(=O)CCOCCNC(=O)CCCCCCCCCCCN1C(=O)C=CC1=O. The van der Waals surface area contributed by atoms with E-state index in [4.69, 9.17) is 14.2 Å². The van der Waals surface area contributed by atoms with Gasteiger partial charge >= 0.3 is 0 Å². The molecule has 0 aromatic rings. The summed E-state index contributed by atoms with van der Waals surface area (Å²) in [5.41, 5.74) is 0. The quantitative estimate of drug-likeness (QED) is 0.0475. The molecule has 15 heteroatoms. The lowest BCUT2D eigenvalue weighted by molar-refractivity contribution is -0.256. The van der Waals surface area contributed by atoms with Gasteiger partial charge in [0.15, 0.2) is 6.29 Å². The normalized spacial score (nSPS) is 20.3. The topological polar surface area (TPSA) is 213 Å². The van der Waals surface area contributed by atoms with Crippen molar-refractivity contribution < 1.29 is 53.5 Å². The van der Waals surface area contributed by atoms with Crippen molar-refractivity contribution in [1.29, 1.82) is 0 Å². The second-order valence-electron chi connectivity index (χ2n) is 12.8. The maximum absolute atomic E-state index is 12.0. The van der Waals surface area contributed by atoms with Crippen LogP contribution in [0.1, 0.15) is 103 Å². The first kappa shape index (κ1) is 43.2. The maximum Gasteiger partial charge on any atom is 0.253 e. The molecule has 0 bridgehead atoms. The van der Waals surface area contributed by atoms with Crippen molar-refractivity contribution in [1.82, 2.24) is 20.9 Å². The zero-order chi connectivity index (χ0) is 36.4. The number of aliphatic hydroxyl groups excluding tert-OH is 3. The maximum atomic E-state index is 12.0. The molecule has 0 aromatic heterocycles. The molecule has 2 heterocycles. The van der Waals surface area contributed by atoms with E-state index in [1.54, 1.807) is 0 Å². The van der Waals surface area contributed by atoms with Crippen molar-refractivity contribution in [3.63, 3.8) is 0 Å². The van der Waals surface area contributed by atoms with Crippen LogP contribution in [0.2, 0.25) is 0 Å². The minimum atomic E-state index is -1.14. The Bertz CT molecular complexity index is 1030. The highest BCUT2D eigenvalue weighted by molar-refractivity contribution is 6.12. The molecule has 0 saturated carbocycles. The fourth-order valence-corrected chi connectivity index (χ4v) is 5.56. The second-order valence-corrected chi connectivity index (χ2v) is 12.8. The van der Waals surface area contributed by atoms with Gasteiger partial charge in [0.1, 0.15) is 12.2 Å². The average molecular weight is 713 g/mol. The lowest BCUT2D eigenvalue weighted by Crippen LogP contribution is -2.50. The van der Waals surface area contributed by atoms with Crippen molar-refractivity contribution >= 4 is 29.5 Å². The molecule has 1 fully saturated rings. The first-order valence-electron chi connectivity index (χ1n) is 18.4. The third-order valence-corrected chi connectivity index (χ3v) is 8.54. The summed E-state index contributed by atoms with van der Waals surface area (Å²) in [6.07, 6.45) is 11.2. The molecular formula is C35H60N4O11. The molecule has 6 N–H and O–H groups in total. The zero-order valence-electron chi connectivity index (χ0n) is 29.5. The summed E-state index contributed by atoms with van der Waals surface area (Å²) in [4.78, 5) is 60.3. The molecule has 0 aromatic carbocycles. The van der Waals surface area contributed by atoms with Crippen molar-refractivity contribution in [3.8, 4) is 0 Å². The largest absolute Gasteiger partial charge is 0.394 e. The van der Waals surface area contributed by atoms with Gasteiger partial charge in [0.05, 0.1) is 25.9 Å². The van der Waals surface area contributed by atoms with E-state index in [1.807, 2.05) is 0 Å². The van der Waals surface area contributed by atoms with Crippen LogP contribution in [-0.4, -0.2) is 127 Å². The number of hydrogen-bond acceptors (Lipinski definition) is 11. The van der Waals surface area contributed by atoms with Crippen molar-refractivity contribution in [2.45, 2.75) is 127 Å². The van der Waals surface area contributed by atoms with Gasteiger partial charge in [0, 0.05) is 70.6 Å². The Morgan fingerprint density at radius 1 is 0.700 bits per heavy atom. The smallest absolute Gasteiger partial charge is 0.253 e. The number of unbranched alkanes of at least 4 members (excludes halogenated alkanes) is 9. The van der Waals surface area contributed by atoms with Crippen molar-refractivity contribution in [3.05, 3.63) is 12.2 Å². The third-order valence-electron chi connectivity index (χ3n) is 8.54. The highest BCUT2D eigenvalue weighted by atomic mass is 16.7. The molecule has 1 saturated heterocycles. The molecule has 0 radical (unpaired) electrons. The molecular weight excluding hydrogens is 652 g/mol. The van der Waals surface area contributed by atoms with Crippen LogP contribution in [0.25, 0.3) is 0 Å². The lowest BCUT2D eigenvalue weighted by Gasteiger charge is -2.36. The predicted octanol–water partition coefficient (Wildman–Crippen LogP) is 0.974. The lowest BCUT2D eigenvalue weighted by atomic mass is 10.0. The van der Waals surface area contributed by atoms with Crippen LogP contribution in [0.15, 0.2) is 12.2 Å². The second kappa shape index (κ2) is 26.8. The van der Waals surface area contributed by atoms with Gasteiger partial charge in [0.25, 0.3) is 11.8 Å². The van der Waals surface area contributed by atoms with E-state index in [9.17, 15) is 39.3 Å². The Labute approximate surface area is 295 Å². The number of nitrogens with one attached hydrogen (secondary N) is 3. The molecule has 4 unspecified atom stereocenters. The molecule has 4 atom stereocenters. The van der Waals surface area contributed by atoms with E-state index in [1.165, 1.54) is 17.1 Å². The molecule has 2 aliphatic heterocycles. The number of nitrogens with zero attached hydrogens (tertiary/aromatic N) is 1. The van der Waals surface area contributed by atoms with Gasteiger partial charge in [0.2, 0.25) is 17.7 Å². The summed E-state index contributed by atoms with van der Waals surface area (Å²) in [5.74, 6) is -0.649. The van der Waals surface area contributed by atoms with Crippen LogP contribution < -0.4 is 16.0 Å². The van der Waals surface area contributed by atoms with Gasteiger partial charge in [-0.05, 0) is 32.1 Å². The van der Waals surface area contributed by atoms with E-state index >= 15 is 0 Å². The Balaban J connectivity index is 1.28. The van der Waals surface area contributed by atoms with Crippen LogP contribution >= 0.6 is 0 Å². The third kappa shape index (κ3) is 19.4. The predicted molar refractivity (Wildman–Crippen MR) is 183 cm³/mol. The van der Waals surface area contributed by atoms with Gasteiger partial charge in [-0.3, -0.25) is 28.9 Å². The van der Waals surface area contributed by atoms with Crippen molar-refractivity contribution in [2.24, 2.45) is 0 Å². The van der Waals surface area contributed by atoms with Gasteiger partial charge in [-0.2, -0.15) is 0 Å². The van der Waals surface area contributed by atoms with E-state index < -0.39 is 31.2 Å². The Morgan fingerprint density at radius 2 is 1.24 bits per heavy atom. The first-order valence-corrected chi connectivity index (χ1v) is 18.4. The van der Waals surface area contributed by atoms with E-state index in [0.29, 0.717) is 71.5 Å². The summed E-state index contributed by atoms with van der Waals surface area (Å²) in [5, 5.41) is 37.2. The van der Waals surface area contributed by atoms with Crippen LogP contribution in [0, 0.1) is 0 Å². The van der Waals surface area contributed by atoms with Crippen LogP contribution in [0.5, 0.6) is 0 Å².